The van der Waals surface area contributed by atoms with Crippen molar-refractivity contribution in [3.05, 3.63) is 111 Å². The molecule has 0 atom stereocenters. The summed E-state index contributed by atoms with van der Waals surface area (Å²) in [6.45, 7) is -0.0763. The molecule has 1 aromatic heterocycles. The first-order valence-electron chi connectivity index (χ1n) is 10.1. The van der Waals surface area contributed by atoms with E-state index >= 15 is 0 Å². The van der Waals surface area contributed by atoms with E-state index < -0.39 is 34.9 Å². The number of rotatable bonds is 7. The predicted molar refractivity (Wildman–Crippen MR) is 123 cm³/mol. The second-order valence-corrected chi connectivity index (χ2v) is 8.15. The quantitative estimate of drug-likeness (QED) is 0.218. The zero-order valence-corrected chi connectivity index (χ0v) is 19.2. The summed E-state index contributed by atoms with van der Waals surface area (Å²) in [6, 6.07) is 12.7. The van der Waals surface area contributed by atoms with Crippen LogP contribution in [0, 0.1) is 23.3 Å². The van der Waals surface area contributed by atoms with Gasteiger partial charge >= 0.3 is 0 Å². The summed E-state index contributed by atoms with van der Waals surface area (Å²) in [7, 11) is 0. The summed E-state index contributed by atoms with van der Waals surface area (Å²) in [5.41, 5.74) is 1.37. The molecule has 11 heteroatoms. The molecule has 1 N–H and O–H groups in total. The Morgan fingerprint density at radius 3 is 2.20 bits per heavy atom. The number of aromatic nitrogens is 2. The molecular weight excluding hydrogens is 509 g/mol. The van der Waals surface area contributed by atoms with Crippen LogP contribution in [0.25, 0.3) is 0 Å². The molecular formula is C24H15Cl2F4N3O2. The van der Waals surface area contributed by atoms with Gasteiger partial charge in [0.2, 0.25) is 11.6 Å². The summed E-state index contributed by atoms with van der Waals surface area (Å²) in [5.74, 6) is -7.70. The van der Waals surface area contributed by atoms with E-state index in [2.05, 4.69) is 10.4 Å². The fourth-order valence-corrected chi connectivity index (χ4v) is 3.65. The molecule has 0 radical (unpaired) electrons. The number of benzene rings is 3. The van der Waals surface area contributed by atoms with Gasteiger partial charge in [-0.1, -0.05) is 41.4 Å². The number of halogens is 6. The molecule has 1 amide bonds. The van der Waals surface area contributed by atoms with Gasteiger partial charge in [-0.25, -0.2) is 8.78 Å². The Kier molecular flexibility index (Phi) is 7.28. The lowest BCUT2D eigenvalue weighted by molar-refractivity contribution is 0.102. The first-order chi connectivity index (χ1) is 16.7. The van der Waals surface area contributed by atoms with Gasteiger partial charge in [-0.15, -0.1) is 0 Å². The summed E-state index contributed by atoms with van der Waals surface area (Å²) in [6.07, 6.45) is 1.66. The highest BCUT2D eigenvalue weighted by Crippen LogP contribution is 2.27. The maximum Gasteiger partial charge on any atom is 0.256 e. The lowest BCUT2D eigenvalue weighted by atomic mass is 10.1. The van der Waals surface area contributed by atoms with Crippen LogP contribution in [0.3, 0.4) is 0 Å². The molecule has 0 aliphatic rings. The van der Waals surface area contributed by atoms with Crippen LogP contribution in [-0.4, -0.2) is 15.7 Å². The van der Waals surface area contributed by atoms with Gasteiger partial charge in [-0.3, -0.25) is 9.48 Å². The standard InChI is InChI=1S/C24H15Cl2F4N3O2/c25-16-2-1-3-17(26)15(16)11-33-9-8-20(32-33)31-24(34)14-6-4-13(5-7-14)12-35-23-21(29)18(27)10-19(28)22(23)30/h1-10H,11-12H2,(H,31,32,34). The third kappa shape index (κ3) is 5.58. The summed E-state index contributed by atoms with van der Waals surface area (Å²) < 4.78 is 60.5. The third-order valence-electron chi connectivity index (χ3n) is 4.93. The van der Waals surface area contributed by atoms with Crippen molar-refractivity contribution >= 4 is 34.9 Å². The molecule has 0 unspecified atom stereocenters. The van der Waals surface area contributed by atoms with Crippen molar-refractivity contribution in [1.82, 2.24) is 9.78 Å². The van der Waals surface area contributed by atoms with E-state index in [9.17, 15) is 22.4 Å². The van der Waals surface area contributed by atoms with Crippen molar-refractivity contribution in [2.24, 2.45) is 0 Å². The number of hydrogen-bond acceptors (Lipinski definition) is 3. The van der Waals surface area contributed by atoms with Gasteiger partial charge in [-0.05, 0) is 29.8 Å². The minimum Gasteiger partial charge on any atom is -0.483 e. The van der Waals surface area contributed by atoms with E-state index in [-0.39, 0.29) is 18.2 Å². The summed E-state index contributed by atoms with van der Waals surface area (Å²) in [4.78, 5) is 12.5. The van der Waals surface area contributed by atoms with Crippen molar-refractivity contribution < 1.29 is 27.1 Å². The minimum atomic E-state index is -1.63. The lowest BCUT2D eigenvalue weighted by Crippen LogP contribution is -2.13. The number of hydrogen-bond donors (Lipinski definition) is 1. The Balaban J connectivity index is 1.38. The molecule has 1 heterocycles. The normalized spacial score (nSPS) is 10.9. The third-order valence-corrected chi connectivity index (χ3v) is 5.64. The predicted octanol–water partition coefficient (Wildman–Crippen LogP) is 6.63. The van der Waals surface area contributed by atoms with Crippen molar-refractivity contribution in [1.29, 1.82) is 0 Å². The highest BCUT2D eigenvalue weighted by atomic mass is 35.5. The zero-order chi connectivity index (χ0) is 25.1. The van der Waals surface area contributed by atoms with Crippen LogP contribution in [0.5, 0.6) is 5.75 Å². The molecule has 5 nitrogen and oxygen atoms in total. The van der Waals surface area contributed by atoms with E-state index in [0.29, 0.717) is 33.5 Å². The van der Waals surface area contributed by atoms with Gasteiger partial charge < -0.3 is 10.1 Å². The number of anilines is 1. The van der Waals surface area contributed by atoms with Crippen LogP contribution in [0.15, 0.2) is 60.8 Å². The molecule has 35 heavy (non-hydrogen) atoms. The molecule has 0 saturated carbocycles. The summed E-state index contributed by atoms with van der Waals surface area (Å²) >= 11 is 12.4. The Bertz CT molecular complexity index is 1350. The van der Waals surface area contributed by atoms with Gasteiger partial charge in [0.15, 0.2) is 23.2 Å². The number of carbonyl (C=O) groups is 1. The van der Waals surface area contributed by atoms with Crippen molar-refractivity contribution in [3.63, 3.8) is 0 Å². The first-order valence-corrected chi connectivity index (χ1v) is 10.8. The van der Waals surface area contributed by atoms with Gasteiger partial charge in [-0.2, -0.15) is 13.9 Å². The molecule has 3 aromatic carbocycles. The van der Waals surface area contributed by atoms with Crippen molar-refractivity contribution in [3.8, 4) is 5.75 Å². The Hall–Kier alpha value is -3.56. The van der Waals surface area contributed by atoms with E-state index in [4.69, 9.17) is 27.9 Å². The molecule has 0 aliphatic carbocycles. The Morgan fingerprint density at radius 2 is 1.57 bits per heavy atom. The van der Waals surface area contributed by atoms with Crippen LogP contribution >= 0.6 is 23.2 Å². The second-order valence-electron chi connectivity index (χ2n) is 7.34. The van der Waals surface area contributed by atoms with E-state index in [0.717, 1.165) is 0 Å². The molecule has 0 saturated heterocycles. The smallest absolute Gasteiger partial charge is 0.256 e. The number of amides is 1. The Morgan fingerprint density at radius 1 is 0.943 bits per heavy atom. The minimum absolute atomic E-state index is 0.0972. The Labute approximate surface area is 206 Å². The topological polar surface area (TPSA) is 56.2 Å². The van der Waals surface area contributed by atoms with Gasteiger partial charge in [0, 0.05) is 39.5 Å². The highest BCUT2D eigenvalue weighted by molar-refractivity contribution is 6.35. The second kappa shape index (κ2) is 10.4. The number of nitrogens with one attached hydrogen (secondary N) is 1. The molecule has 0 bridgehead atoms. The number of nitrogens with zero attached hydrogens (tertiary/aromatic N) is 2. The highest BCUT2D eigenvalue weighted by Gasteiger charge is 2.20. The fraction of sp³-hybridized carbons (Fsp3) is 0.0833. The number of carbonyl (C=O) groups excluding carboxylic acids is 1. The molecule has 4 aromatic rings. The van der Waals surface area contributed by atoms with Crippen LogP contribution in [0.4, 0.5) is 23.4 Å². The van der Waals surface area contributed by atoms with Crippen LogP contribution in [-0.2, 0) is 13.2 Å². The SMILES string of the molecule is O=C(Nc1ccn(Cc2c(Cl)cccc2Cl)n1)c1ccc(COc2c(F)c(F)cc(F)c2F)cc1. The van der Waals surface area contributed by atoms with Crippen molar-refractivity contribution in [2.75, 3.05) is 5.32 Å². The summed E-state index contributed by atoms with van der Waals surface area (Å²) in [5, 5.41) is 7.92. The maximum absolute atomic E-state index is 13.7. The van der Waals surface area contributed by atoms with E-state index in [1.807, 2.05) is 0 Å². The fourth-order valence-electron chi connectivity index (χ4n) is 3.14. The van der Waals surface area contributed by atoms with Crippen LogP contribution in [0.2, 0.25) is 10.0 Å². The number of ether oxygens (including phenoxy) is 1. The van der Waals surface area contributed by atoms with Crippen LogP contribution in [0.1, 0.15) is 21.5 Å². The average Bonchev–Trinajstić information content (AvgIpc) is 3.27. The lowest BCUT2D eigenvalue weighted by Gasteiger charge is -2.10. The van der Waals surface area contributed by atoms with Crippen molar-refractivity contribution in [2.45, 2.75) is 13.2 Å². The molecule has 0 spiro atoms. The largest absolute Gasteiger partial charge is 0.483 e. The molecule has 4 rings (SSSR count). The van der Waals surface area contributed by atoms with E-state index in [1.165, 1.54) is 24.3 Å². The zero-order valence-electron chi connectivity index (χ0n) is 17.7. The first kappa shape index (κ1) is 24.6. The molecule has 0 fully saturated rings. The van der Waals surface area contributed by atoms with E-state index in [1.54, 1.807) is 35.1 Å². The average molecular weight is 524 g/mol. The van der Waals surface area contributed by atoms with Gasteiger partial charge in [0.1, 0.15) is 6.61 Å². The molecule has 180 valence electrons. The monoisotopic (exact) mass is 523 g/mol. The van der Waals surface area contributed by atoms with Crippen LogP contribution < -0.4 is 10.1 Å². The van der Waals surface area contributed by atoms with Gasteiger partial charge in [0.05, 0.1) is 6.54 Å². The molecule has 0 aliphatic heterocycles. The van der Waals surface area contributed by atoms with Gasteiger partial charge in [0.25, 0.3) is 5.91 Å². The maximum atomic E-state index is 13.7.